The van der Waals surface area contributed by atoms with Gasteiger partial charge in [-0.05, 0) is 40.6 Å². The van der Waals surface area contributed by atoms with Crippen LogP contribution in [-0.4, -0.2) is 11.4 Å². The summed E-state index contributed by atoms with van der Waals surface area (Å²) in [4.78, 5) is 6.56. The molecular weight excluding hydrogens is 244 g/mol. The van der Waals surface area contributed by atoms with E-state index in [1.54, 1.807) is 18.3 Å². The molecule has 1 rings (SSSR count). The Kier molecular flexibility index (Phi) is 3.33. The van der Waals surface area contributed by atoms with Crippen molar-refractivity contribution in [1.29, 1.82) is 5.26 Å². The molecule has 0 aromatic heterocycles. The maximum Gasteiger partial charge on any atom is 0.206 e. The molecule has 0 unspecified atom stereocenters. The van der Waals surface area contributed by atoms with Gasteiger partial charge in [0.05, 0.1) is 15.3 Å². The van der Waals surface area contributed by atoms with Crippen molar-refractivity contribution in [3.8, 4) is 6.19 Å². The minimum Gasteiger partial charge on any atom is -0.181 e. The van der Waals surface area contributed by atoms with Gasteiger partial charge in [0.2, 0.25) is 6.19 Å². The zero-order valence-electron chi connectivity index (χ0n) is 7.32. The second-order valence-electron chi connectivity index (χ2n) is 2.50. The van der Waals surface area contributed by atoms with Crippen LogP contribution in [0.15, 0.2) is 32.3 Å². The van der Waals surface area contributed by atoms with Crippen molar-refractivity contribution in [2.75, 3.05) is 0 Å². The Bertz CT molecular complexity index is 410. The maximum absolute atomic E-state index is 8.40. The van der Waals surface area contributed by atoms with Crippen LogP contribution < -0.4 is 0 Å². The molecule has 68 valence electrons. The van der Waals surface area contributed by atoms with Crippen molar-refractivity contribution in [2.24, 2.45) is 10.1 Å². The molecule has 0 amide bonds. The summed E-state index contributed by atoms with van der Waals surface area (Å²) in [5.74, 6) is 0. The summed E-state index contributed by atoms with van der Waals surface area (Å²) in [6.45, 7) is 8.41. The third-order valence-electron chi connectivity index (χ3n) is 1.59. The van der Waals surface area contributed by atoms with Gasteiger partial charge in [-0.2, -0.15) is 16.8 Å². The van der Waals surface area contributed by atoms with Crippen molar-refractivity contribution < 1.29 is 0 Å². The average Bonchev–Trinajstić information content (AvgIpc) is 2.14. The van der Waals surface area contributed by atoms with Crippen LogP contribution in [0.25, 0.3) is 4.95 Å². The van der Waals surface area contributed by atoms with Crippen molar-refractivity contribution in [3.05, 3.63) is 33.7 Å². The molecule has 0 radical (unpaired) electrons. The zero-order valence-corrected chi connectivity index (χ0v) is 8.91. The number of hydrogen-bond donors (Lipinski definition) is 0. The van der Waals surface area contributed by atoms with E-state index in [0.29, 0.717) is 15.9 Å². The second-order valence-corrected chi connectivity index (χ2v) is 3.36. The highest BCUT2D eigenvalue weighted by Gasteiger charge is 2.14. The number of halogens is 1. The number of nitrogens with zero attached hydrogens (tertiary/aromatic N) is 4. The van der Waals surface area contributed by atoms with Crippen LogP contribution in [0.3, 0.4) is 0 Å². The van der Waals surface area contributed by atoms with Crippen molar-refractivity contribution in [1.82, 2.24) is 0 Å². The van der Waals surface area contributed by atoms with E-state index < -0.39 is 0 Å². The lowest BCUT2D eigenvalue weighted by Gasteiger charge is -2.06. The van der Waals surface area contributed by atoms with Crippen LogP contribution in [0.2, 0.25) is 0 Å². The molecule has 0 fully saturated rings. The maximum atomic E-state index is 8.40. The zero-order chi connectivity index (χ0) is 10.6. The Labute approximate surface area is 89.9 Å². The molecule has 0 aromatic carbocycles. The van der Waals surface area contributed by atoms with Gasteiger partial charge in [-0.15, -0.1) is 4.95 Å². The monoisotopic (exact) mass is 248 g/mol. The van der Waals surface area contributed by atoms with Crippen LogP contribution in [0.4, 0.5) is 0 Å². The number of aliphatic imine (C=N–C) groups is 1. The summed E-state index contributed by atoms with van der Waals surface area (Å²) in [7, 11) is 0. The van der Waals surface area contributed by atoms with E-state index in [2.05, 4.69) is 31.0 Å². The van der Waals surface area contributed by atoms with E-state index in [-0.39, 0.29) is 0 Å². The van der Waals surface area contributed by atoms with E-state index in [0.717, 1.165) is 5.57 Å². The van der Waals surface area contributed by atoms with E-state index >= 15 is 0 Å². The van der Waals surface area contributed by atoms with Gasteiger partial charge in [0.1, 0.15) is 0 Å². The summed E-state index contributed by atoms with van der Waals surface area (Å²) in [6.07, 6.45) is 5.09. The lowest BCUT2D eigenvalue weighted by atomic mass is 10.0. The predicted octanol–water partition coefficient (Wildman–Crippen LogP) is 2.42. The molecule has 0 spiro atoms. The van der Waals surface area contributed by atoms with Crippen molar-refractivity contribution in [3.63, 3.8) is 0 Å². The molecular formula is C9H5BrN4. The average molecular weight is 249 g/mol. The van der Waals surface area contributed by atoms with Crippen LogP contribution in [0, 0.1) is 18.0 Å². The summed E-state index contributed by atoms with van der Waals surface area (Å²) >= 11 is 3.25. The van der Waals surface area contributed by atoms with Crippen molar-refractivity contribution in [2.45, 2.75) is 6.92 Å². The van der Waals surface area contributed by atoms with Gasteiger partial charge < -0.3 is 0 Å². The fourth-order valence-corrected chi connectivity index (χ4v) is 1.37. The standard InChI is InChI=1S/C9H5BrN4/c1-6-3-9(14-12-2)7(10)4-8(6)13-5-11/h3-4H,1H3/b13-8+,14-9+. The first-order valence-electron chi connectivity index (χ1n) is 3.66. The fourth-order valence-electron chi connectivity index (χ4n) is 0.961. The summed E-state index contributed by atoms with van der Waals surface area (Å²) in [6, 6.07) is 0. The largest absolute Gasteiger partial charge is 0.206 e. The van der Waals surface area contributed by atoms with E-state index in [9.17, 15) is 0 Å². The fraction of sp³-hybridized carbons (Fsp3) is 0.111. The normalized spacial score (nSPS) is 21.1. The highest BCUT2D eigenvalue weighted by molar-refractivity contribution is 9.12. The van der Waals surface area contributed by atoms with Gasteiger partial charge in [-0.3, -0.25) is 0 Å². The van der Waals surface area contributed by atoms with Gasteiger partial charge in [0, 0.05) is 0 Å². The van der Waals surface area contributed by atoms with E-state index in [1.165, 1.54) is 0 Å². The van der Waals surface area contributed by atoms with Crippen molar-refractivity contribution >= 4 is 27.4 Å². The third kappa shape index (κ3) is 2.15. The molecule has 4 nitrogen and oxygen atoms in total. The van der Waals surface area contributed by atoms with Crippen LogP contribution in [-0.2, 0) is 0 Å². The highest BCUT2D eigenvalue weighted by atomic mass is 79.9. The van der Waals surface area contributed by atoms with Gasteiger partial charge in [0.25, 0.3) is 0 Å². The number of rotatable bonds is 0. The smallest absolute Gasteiger partial charge is 0.181 e. The second kappa shape index (κ2) is 4.50. The number of hydrogen-bond acceptors (Lipinski definition) is 3. The van der Waals surface area contributed by atoms with Gasteiger partial charge in [0.15, 0.2) is 5.71 Å². The Balaban J connectivity index is 3.17. The molecule has 0 atom stereocenters. The summed E-state index contributed by atoms with van der Waals surface area (Å²) in [5.41, 5.74) is 1.95. The number of allylic oxidation sites excluding steroid dienone is 4. The molecule has 0 N–H and O–H groups in total. The van der Waals surface area contributed by atoms with Gasteiger partial charge in [-0.1, -0.05) is 0 Å². The van der Waals surface area contributed by atoms with E-state index in [4.69, 9.17) is 11.8 Å². The Morgan fingerprint density at radius 1 is 1.50 bits per heavy atom. The number of nitriles is 1. The topological polar surface area (TPSA) is 52.9 Å². The quantitative estimate of drug-likeness (QED) is 0.281. The molecule has 0 heterocycles. The minimum absolute atomic E-state index is 0.550. The molecule has 5 heteroatoms. The first-order chi connectivity index (χ1) is 6.69. The molecule has 14 heavy (non-hydrogen) atoms. The molecule has 0 aliphatic heterocycles. The summed E-state index contributed by atoms with van der Waals surface area (Å²) < 4.78 is 0.660. The lowest BCUT2D eigenvalue weighted by Crippen LogP contribution is -2.08. The van der Waals surface area contributed by atoms with Crippen LogP contribution >= 0.6 is 15.9 Å². The lowest BCUT2D eigenvalue weighted by molar-refractivity contribution is 1.42. The SMILES string of the molecule is [C-]#[N+]/N=C1C=C(C)/C(=N/C#N)C=C\1Br. The minimum atomic E-state index is 0.550. The van der Waals surface area contributed by atoms with Gasteiger partial charge in [-0.25, -0.2) is 0 Å². The Morgan fingerprint density at radius 2 is 2.21 bits per heavy atom. The highest BCUT2D eigenvalue weighted by Crippen LogP contribution is 2.18. The van der Waals surface area contributed by atoms with E-state index in [1.807, 2.05) is 6.92 Å². The van der Waals surface area contributed by atoms with Crippen LogP contribution in [0.1, 0.15) is 6.92 Å². The molecule has 0 saturated heterocycles. The molecule has 0 saturated carbocycles. The third-order valence-corrected chi connectivity index (χ3v) is 2.23. The molecule has 1 aliphatic rings. The predicted molar refractivity (Wildman–Crippen MR) is 57.9 cm³/mol. The molecule has 0 aromatic rings. The Hall–Kier alpha value is -1.72. The first-order valence-corrected chi connectivity index (χ1v) is 4.45. The molecule has 1 aliphatic carbocycles. The van der Waals surface area contributed by atoms with Crippen LogP contribution in [0.5, 0.6) is 0 Å². The molecule has 0 bridgehead atoms. The summed E-state index contributed by atoms with van der Waals surface area (Å²) in [5, 5.41) is 12.0. The Morgan fingerprint density at radius 3 is 2.79 bits per heavy atom. The van der Waals surface area contributed by atoms with Gasteiger partial charge >= 0.3 is 0 Å². The first kappa shape index (κ1) is 10.4.